The van der Waals surface area contributed by atoms with Gasteiger partial charge >= 0.3 is 0 Å². The van der Waals surface area contributed by atoms with Crippen LogP contribution in [0.2, 0.25) is 0 Å². The molecule has 2 heterocycles. The van der Waals surface area contributed by atoms with E-state index in [9.17, 15) is 4.79 Å². The number of carbonyl (C=O) groups excluding carboxylic acids is 1. The Balaban J connectivity index is 1.55. The van der Waals surface area contributed by atoms with Gasteiger partial charge in [-0.25, -0.2) is 15.0 Å². The summed E-state index contributed by atoms with van der Waals surface area (Å²) in [6.07, 6.45) is 8.18. The van der Waals surface area contributed by atoms with Crippen molar-refractivity contribution in [1.29, 1.82) is 0 Å². The zero-order chi connectivity index (χ0) is 21.7. The summed E-state index contributed by atoms with van der Waals surface area (Å²) in [6, 6.07) is 2.85. The van der Waals surface area contributed by atoms with Gasteiger partial charge in [-0.3, -0.25) is 4.79 Å². The third kappa shape index (κ3) is 5.78. The van der Waals surface area contributed by atoms with Gasteiger partial charge in [0.15, 0.2) is 0 Å². The van der Waals surface area contributed by atoms with Crippen molar-refractivity contribution in [2.24, 2.45) is 0 Å². The molecule has 0 spiro atoms. The maximum atomic E-state index is 12.1. The SMILES string of the molecule is Cc1ncc(-c2ccnc(NC3CCC(NC(=O)CCN(C)C)CC3)n2)n1C(C)C. The standard InChI is InChI=1S/C22H35N7O/c1-15(2)29-16(3)24-14-20(29)19-10-12-23-22(27-19)26-18-8-6-17(7-9-18)25-21(30)11-13-28(4)5/h10,12,14-15,17-18H,6-9,11,13H2,1-5H3,(H,25,30)(H,23,26,27). The number of rotatable bonds is 8. The van der Waals surface area contributed by atoms with Crippen LogP contribution in [0.15, 0.2) is 18.5 Å². The maximum absolute atomic E-state index is 12.1. The molecule has 1 amide bonds. The van der Waals surface area contributed by atoms with E-state index in [2.05, 4.69) is 39.0 Å². The Morgan fingerprint density at radius 1 is 1.20 bits per heavy atom. The van der Waals surface area contributed by atoms with Crippen LogP contribution < -0.4 is 10.6 Å². The van der Waals surface area contributed by atoms with E-state index in [1.165, 1.54) is 0 Å². The molecule has 2 aromatic heterocycles. The first-order valence-corrected chi connectivity index (χ1v) is 10.9. The third-order valence-corrected chi connectivity index (χ3v) is 5.63. The van der Waals surface area contributed by atoms with Gasteiger partial charge in [0.05, 0.1) is 17.6 Å². The van der Waals surface area contributed by atoms with Crippen LogP contribution in [-0.2, 0) is 4.79 Å². The van der Waals surface area contributed by atoms with E-state index >= 15 is 0 Å². The minimum Gasteiger partial charge on any atom is -0.353 e. The number of carbonyl (C=O) groups is 1. The largest absolute Gasteiger partial charge is 0.353 e. The van der Waals surface area contributed by atoms with Gasteiger partial charge < -0.3 is 20.1 Å². The van der Waals surface area contributed by atoms with Crippen molar-refractivity contribution in [1.82, 2.24) is 29.7 Å². The molecule has 164 valence electrons. The van der Waals surface area contributed by atoms with Crippen LogP contribution in [0.25, 0.3) is 11.4 Å². The summed E-state index contributed by atoms with van der Waals surface area (Å²) in [5.74, 6) is 1.78. The second kappa shape index (κ2) is 10.0. The lowest BCUT2D eigenvalue weighted by Gasteiger charge is -2.29. The Hall–Kier alpha value is -2.48. The van der Waals surface area contributed by atoms with Gasteiger partial charge in [-0.1, -0.05) is 0 Å². The summed E-state index contributed by atoms with van der Waals surface area (Å²) >= 11 is 0. The number of hydrogen-bond acceptors (Lipinski definition) is 6. The van der Waals surface area contributed by atoms with Gasteiger partial charge in [0.25, 0.3) is 0 Å². The van der Waals surface area contributed by atoms with E-state index in [-0.39, 0.29) is 11.9 Å². The van der Waals surface area contributed by atoms with Crippen molar-refractivity contribution in [3.63, 3.8) is 0 Å². The Morgan fingerprint density at radius 2 is 1.90 bits per heavy atom. The van der Waals surface area contributed by atoms with E-state index in [0.717, 1.165) is 49.4 Å². The van der Waals surface area contributed by atoms with Crippen LogP contribution in [0.5, 0.6) is 0 Å². The first-order valence-electron chi connectivity index (χ1n) is 10.9. The normalized spacial score (nSPS) is 19.3. The molecule has 8 heteroatoms. The number of amides is 1. The molecule has 2 aromatic rings. The van der Waals surface area contributed by atoms with Crippen LogP contribution in [0, 0.1) is 6.92 Å². The quantitative estimate of drug-likeness (QED) is 0.692. The summed E-state index contributed by atoms with van der Waals surface area (Å²) in [5.41, 5.74) is 1.89. The Kier molecular flexibility index (Phi) is 7.42. The molecule has 1 fully saturated rings. The summed E-state index contributed by atoms with van der Waals surface area (Å²) in [6.45, 7) is 7.10. The Morgan fingerprint density at radius 3 is 2.57 bits per heavy atom. The zero-order valence-corrected chi connectivity index (χ0v) is 18.9. The molecule has 0 aliphatic heterocycles. The van der Waals surface area contributed by atoms with Crippen molar-refractivity contribution < 1.29 is 4.79 Å². The zero-order valence-electron chi connectivity index (χ0n) is 18.9. The van der Waals surface area contributed by atoms with Gasteiger partial charge in [-0.05, 0) is 66.6 Å². The van der Waals surface area contributed by atoms with Gasteiger partial charge in [0, 0.05) is 37.3 Å². The lowest BCUT2D eigenvalue weighted by molar-refractivity contribution is -0.122. The molecule has 3 rings (SSSR count). The average Bonchev–Trinajstić information content (AvgIpc) is 3.10. The van der Waals surface area contributed by atoms with Gasteiger partial charge in [-0.15, -0.1) is 0 Å². The Labute approximate surface area is 179 Å². The monoisotopic (exact) mass is 413 g/mol. The van der Waals surface area contributed by atoms with E-state index in [1.54, 1.807) is 6.20 Å². The smallest absolute Gasteiger partial charge is 0.223 e. The highest BCUT2D eigenvalue weighted by molar-refractivity contribution is 5.76. The molecule has 0 unspecified atom stereocenters. The minimum absolute atomic E-state index is 0.146. The van der Waals surface area contributed by atoms with Gasteiger partial charge in [0.2, 0.25) is 11.9 Å². The fraction of sp³-hybridized carbons (Fsp3) is 0.636. The molecule has 30 heavy (non-hydrogen) atoms. The number of imidazole rings is 1. The molecule has 0 aromatic carbocycles. The second-order valence-electron chi connectivity index (χ2n) is 8.73. The number of aryl methyl sites for hydroxylation is 1. The molecule has 1 aliphatic carbocycles. The average molecular weight is 414 g/mol. The van der Waals surface area contributed by atoms with Crippen molar-refractivity contribution in [2.45, 2.75) is 71.0 Å². The number of aromatic nitrogens is 4. The number of nitrogens with one attached hydrogen (secondary N) is 2. The number of anilines is 1. The Bertz CT molecular complexity index is 838. The van der Waals surface area contributed by atoms with Crippen LogP contribution in [0.3, 0.4) is 0 Å². The van der Waals surface area contributed by atoms with Gasteiger partial charge in [-0.2, -0.15) is 0 Å². The number of nitrogens with zero attached hydrogens (tertiary/aromatic N) is 5. The van der Waals surface area contributed by atoms with Crippen LogP contribution in [-0.4, -0.2) is 63.0 Å². The molecule has 1 saturated carbocycles. The molecular formula is C22H35N7O. The van der Waals surface area contributed by atoms with Crippen LogP contribution in [0.4, 0.5) is 5.95 Å². The number of hydrogen-bond donors (Lipinski definition) is 2. The van der Waals surface area contributed by atoms with E-state index < -0.39 is 0 Å². The third-order valence-electron chi connectivity index (χ3n) is 5.63. The molecule has 0 atom stereocenters. The molecule has 0 bridgehead atoms. The van der Waals surface area contributed by atoms with Crippen LogP contribution in [0.1, 0.15) is 57.8 Å². The molecule has 8 nitrogen and oxygen atoms in total. The maximum Gasteiger partial charge on any atom is 0.223 e. The molecule has 0 saturated heterocycles. The highest BCUT2D eigenvalue weighted by Gasteiger charge is 2.23. The highest BCUT2D eigenvalue weighted by atomic mass is 16.1. The van der Waals surface area contributed by atoms with E-state index in [0.29, 0.717) is 24.5 Å². The fourth-order valence-electron chi connectivity index (χ4n) is 4.06. The first kappa shape index (κ1) is 22.2. The van der Waals surface area contributed by atoms with E-state index in [4.69, 9.17) is 4.98 Å². The van der Waals surface area contributed by atoms with Crippen LogP contribution >= 0.6 is 0 Å². The topological polar surface area (TPSA) is 88.0 Å². The lowest BCUT2D eigenvalue weighted by Crippen LogP contribution is -2.41. The predicted molar refractivity (Wildman–Crippen MR) is 119 cm³/mol. The fourth-order valence-corrected chi connectivity index (χ4v) is 4.06. The predicted octanol–water partition coefficient (Wildman–Crippen LogP) is 3.02. The minimum atomic E-state index is 0.146. The summed E-state index contributed by atoms with van der Waals surface area (Å²) in [7, 11) is 3.97. The van der Waals surface area contributed by atoms with Crippen molar-refractivity contribution in [2.75, 3.05) is 26.0 Å². The molecule has 1 aliphatic rings. The van der Waals surface area contributed by atoms with E-state index in [1.807, 2.05) is 38.2 Å². The lowest BCUT2D eigenvalue weighted by atomic mass is 9.91. The van der Waals surface area contributed by atoms with Gasteiger partial charge in [0.1, 0.15) is 5.82 Å². The second-order valence-corrected chi connectivity index (χ2v) is 8.73. The molecule has 0 radical (unpaired) electrons. The molecular weight excluding hydrogens is 378 g/mol. The van der Waals surface area contributed by atoms with Crippen molar-refractivity contribution in [3.05, 3.63) is 24.3 Å². The summed E-state index contributed by atoms with van der Waals surface area (Å²) in [4.78, 5) is 27.7. The summed E-state index contributed by atoms with van der Waals surface area (Å²) < 4.78 is 2.19. The molecule has 2 N–H and O–H groups in total. The van der Waals surface area contributed by atoms with Crippen molar-refractivity contribution in [3.8, 4) is 11.4 Å². The first-order chi connectivity index (χ1) is 14.3. The van der Waals surface area contributed by atoms with Crippen molar-refractivity contribution >= 4 is 11.9 Å². The highest BCUT2D eigenvalue weighted by Crippen LogP contribution is 2.25. The summed E-state index contributed by atoms with van der Waals surface area (Å²) in [5, 5.41) is 6.66.